The van der Waals surface area contributed by atoms with Crippen LogP contribution in [0.4, 0.5) is 0 Å². The van der Waals surface area contributed by atoms with Crippen LogP contribution in [0.2, 0.25) is 0 Å². The van der Waals surface area contributed by atoms with Crippen LogP contribution in [0.25, 0.3) is 0 Å². The van der Waals surface area contributed by atoms with E-state index in [0.717, 1.165) is 59.2 Å². The number of unbranched alkanes of at least 4 members (excludes halogenated alkanes) is 2. The molecule has 0 aliphatic heterocycles. The van der Waals surface area contributed by atoms with Crippen molar-refractivity contribution in [2.75, 3.05) is 0 Å². The second-order valence-corrected chi connectivity index (χ2v) is 25.5. The van der Waals surface area contributed by atoms with Crippen LogP contribution in [0.1, 0.15) is 164 Å². The topological polar surface area (TPSA) is 0 Å². The maximum absolute atomic E-state index is 4.93. The summed E-state index contributed by atoms with van der Waals surface area (Å²) in [6.07, 6.45) is 52.2. The van der Waals surface area contributed by atoms with Gasteiger partial charge in [-0.15, -0.1) is 13.2 Å². The first kappa shape index (κ1) is 64.6. The molecule has 6 aliphatic rings. The minimum absolute atomic E-state index is 0. The molecule has 6 heteroatoms. The Hall–Kier alpha value is 1.37. The molecule has 0 saturated heterocycles. The Bertz CT molecular complexity index is 1160. The molecule has 0 N–H and O–H groups in total. The second-order valence-electron chi connectivity index (χ2n) is 18.0. The zero-order valence-electron chi connectivity index (χ0n) is 38.6. The first-order valence-electron chi connectivity index (χ1n) is 22.1. The predicted molar refractivity (Wildman–Crippen MR) is 268 cm³/mol. The predicted octanol–water partition coefficient (Wildman–Crippen LogP) is 19.9. The van der Waals surface area contributed by atoms with Gasteiger partial charge in [0.05, 0.1) is 0 Å². The van der Waals surface area contributed by atoms with E-state index in [1.165, 1.54) is 128 Å². The van der Waals surface area contributed by atoms with Crippen molar-refractivity contribution in [3.8, 4) is 0 Å². The Morgan fingerprint density at radius 3 is 1.49 bits per heavy atom. The van der Waals surface area contributed by atoms with Crippen molar-refractivity contribution in [2.45, 2.75) is 164 Å². The molecule has 4 fully saturated rings. The number of rotatable bonds is 16. The van der Waals surface area contributed by atoms with Gasteiger partial charge in [-0.1, -0.05) is 147 Å². The van der Waals surface area contributed by atoms with E-state index in [-0.39, 0.29) is 37.1 Å². The van der Waals surface area contributed by atoms with Crippen molar-refractivity contribution in [1.29, 1.82) is 0 Å². The number of halogens is 4. The second kappa shape index (κ2) is 35.6. The van der Waals surface area contributed by atoms with E-state index in [2.05, 4.69) is 102 Å². The molecule has 0 heterocycles. The molecule has 4 saturated carbocycles. The van der Waals surface area contributed by atoms with Crippen molar-refractivity contribution >= 4 is 34.1 Å². The van der Waals surface area contributed by atoms with E-state index in [1.807, 2.05) is 0 Å². The molecule has 0 bridgehead atoms. The van der Waals surface area contributed by atoms with Gasteiger partial charge >= 0.3 is 75.7 Å². The van der Waals surface area contributed by atoms with Crippen molar-refractivity contribution in [2.24, 2.45) is 70.0 Å². The van der Waals surface area contributed by atoms with Gasteiger partial charge in [-0.25, -0.2) is 0 Å². The zero-order valence-corrected chi connectivity index (χ0v) is 46.6. The van der Waals surface area contributed by atoms with Gasteiger partial charge in [0, 0.05) is 0 Å². The Kier molecular flexibility index (Phi) is 39.0. The monoisotopic (exact) mass is 1050 g/mol. The third-order valence-corrected chi connectivity index (χ3v) is 15.4. The molecule has 0 aromatic carbocycles. The molecule has 340 valence electrons. The summed E-state index contributed by atoms with van der Waals surface area (Å²) >= 11 is -1.65. The molecule has 0 amide bonds. The molecular formula is C53H92Cl4Zr2. The van der Waals surface area contributed by atoms with Crippen LogP contribution in [0, 0.1) is 99.7 Å². The maximum atomic E-state index is 4.93. The van der Waals surface area contributed by atoms with Crippen LogP contribution in [0.5, 0.6) is 0 Å². The van der Waals surface area contributed by atoms with Crippen molar-refractivity contribution in [1.82, 2.24) is 0 Å². The van der Waals surface area contributed by atoms with E-state index in [9.17, 15) is 0 Å². The van der Waals surface area contributed by atoms with E-state index >= 15 is 0 Å². The first-order valence-corrected chi connectivity index (χ1v) is 34.8. The SMILES string of the molecule is C.C=CCCC(C)(C1CCCC1)C1CC(C)C2C=CC=CC21.C=CCCC1CC(C(CCCC)(CCCC)C2CCCC2)C2C=CC=CC12.[CH3-].[CH3-].[CH3-].[CH3-].[Cl][Zr+2][Cl].[Cl][Zr+2][Cl]. The molecular weight excluding hydrogens is 961 g/mol. The first-order chi connectivity index (χ1) is 26.3. The molecule has 0 aromatic rings. The molecule has 0 spiro atoms. The van der Waals surface area contributed by atoms with Crippen LogP contribution in [0.15, 0.2) is 73.9 Å². The van der Waals surface area contributed by atoms with E-state index in [0.29, 0.717) is 10.8 Å². The Labute approximate surface area is 408 Å². The fraction of sp³-hybridized carbons (Fsp3) is 0.698. The number of hydrogen-bond donors (Lipinski definition) is 0. The molecule has 0 nitrogen and oxygen atoms in total. The average Bonchev–Trinajstić information content (AvgIpc) is 4.03. The van der Waals surface area contributed by atoms with Gasteiger partial charge in [-0.3, -0.25) is 0 Å². The Balaban J connectivity index is -0.000000886. The van der Waals surface area contributed by atoms with Crippen molar-refractivity contribution in [3.63, 3.8) is 0 Å². The minimum atomic E-state index is -0.826. The van der Waals surface area contributed by atoms with Gasteiger partial charge in [-0.2, -0.15) is 0 Å². The molecule has 0 aromatic heterocycles. The van der Waals surface area contributed by atoms with Crippen LogP contribution >= 0.6 is 34.1 Å². The normalized spacial score (nSPS) is 28.1. The summed E-state index contributed by atoms with van der Waals surface area (Å²) in [7, 11) is 19.7. The molecule has 6 aliphatic carbocycles. The van der Waals surface area contributed by atoms with Crippen LogP contribution in [0.3, 0.4) is 0 Å². The summed E-state index contributed by atoms with van der Waals surface area (Å²) in [5.74, 6) is 8.66. The summed E-state index contributed by atoms with van der Waals surface area (Å²) in [5.41, 5.74) is 1.14. The van der Waals surface area contributed by atoms with Gasteiger partial charge in [0.1, 0.15) is 0 Å². The summed E-state index contributed by atoms with van der Waals surface area (Å²) in [6.45, 7) is 17.9. The molecule has 0 radical (unpaired) electrons. The fourth-order valence-corrected chi connectivity index (χ4v) is 12.9. The van der Waals surface area contributed by atoms with E-state index in [1.54, 1.807) is 0 Å². The van der Waals surface area contributed by atoms with Gasteiger partial charge < -0.3 is 29.7 Å². The van der Waals surface area contributed by atoms with Gasteiger partial charge in [0.2, 0.25) is 0 Å². The zero-order chi connectivity index (χ0) is 39.4. The Morgan fingerprint density at radius 2 is 1.03 bits per heavy atom. The average molecular weight is 1050 g/mol. The van der Waals surface area contributed by atoms with Crippen molar-refractivity contribution in [3.05, 3.63) is 104 Å². The number of hydrogen-bond acceptors (Lipinski definition) is 0. The van der Waals surface area contributed by atoms with Gasteiger partial charge in [0.15, 0.2) is 0 Å². The molecule has 9 unspecified atom stereocenters. The summed E-state index contributed by atoms with van der Waals surface area (Å²) in [4.78, 5) is 0. The third kappa shape index (κ3) is 17.9. The van der Waals surface area contributed by atoms with Gasteiger partial charge in [-0.05, 0) is 147 Å². The standard InChI is InChI=1S/C27H44.C21H32.CH4.4CH3.4ClH.2Zr/c1-4-7-14-22-21-26(25-18-13-12-17-24(22)25)27(19-8-5-2,20-9-6-3)23-15-10-11-16-23;1-4-5-14-21(3,17-10-6-7-11-17)20-15-16(2)18-12-8-9-13-19(18)20;;;;;;;;;;;/h4,12-13,17-18,22-26H,1,5-11,14-16,19-21H2,2-3H3;4,8-9,12-13,16-20H,1,5-7,10-11,14-15H2,2-3H3;1H4;4*1H3;4*1H;;/q;;;4*-1;;;;;2*+4/p-4. The molecule has 59 heavy (non-hydrogen) atoms. The quantitative estimate of drug-likeness (QED) is 0.107. The summed E-state index contributed by atoms with van der Waals surface area (Å²) in [6, 6.07) is 0. The summed E-state index contributed by atoms with van der Waals surface area (Å²) in [5, 5.41) is 0. The Morgan fingerprint density at radius 1 is 0.610 bits per heavy atom. The number of fused-ring (bicyclic) bond motifs is 2. The van der Waals surface area contributed by atoms with Crippen LogP contribution < -0.4 is 0 Å². The summed E-state index contributed by atoms with van der Waals surface area (Å²) < 4.78 is 0. The third-order valence-electron chi connectivity index (χ3n) is 15.4. The van der Waals surface area contributed by atoms with Crippen LogP contribution in [-0.2, 0) is 41.7 Å². The van der Waals surface area contributed by atoms with E-state index in [4.69, 9.17) is 34.1 Å². The van der Waals surface area contributed by atoms with Crippen LogP contribution in [-0.4, -0.2) is 0 Å². The van der Waals surface area contributed by atoms with Crippen molar-refractivity contribution < 1.29 is 41.7 Å². The molecule has 9 atom stereocenters. The number of allylic oxidation sites excluding steroid dienone is 10. The van der Waals surface area contributed by atoms with Gasteiger partial charge in [0.25, 0.3) is 0 Å². The molecule has 6 rings (SSSR count). The van der Waals surface area contributed by atoms with E-state index < -0.39 is 41.7 Å². The fourth-order valence-electron chi connectivity index (χ4n) is 12.9.